The maximum atomic E-state index is 13.0. The minimum Gasteiger partial charge on any atom is -0.462 e. The average Bonchev–Trinajstić information content (AvgIpc) is 3.05. The maximum Gasteiger partial charge on any atom is 0.341 e. The van der Waals surface area contributed by atoms with E-state index >= 15 is 0 Å². The Bertz CT molecular complexity index is 1020. The van der Waals surface area contributed by atoms with Gasteiger partial charge in [-0.05, 0) is 56.2 Å². The molecule has 0 unspecified atom stereocenters. The first-order valence-corrected chi connectivity index (χ1v) is 11.1. The van der Waals surface area contributed by atoms with Crippen LogP contribution in [0.3, 0.4) is 0 Å². The number of ether oxygens (including phenoxy) is 2. The van der Waals surface area contributed by atoms with E-state index in [0.717, 1.165) is 40.8 Å². The fourth-order valence-corrected chi connectivity index (χ4v) is 5.49. The molecule has 158 valence electrons. The van der Waals surface area contributed by atoms with Crippen LogP contribution >= 0.6 is 11.3 Å². The largest absolute Gasteiger partial charge is 0.462 e. The van der Waals surface area contributed by atoms with E-state index in [1.165, 1.54) is 11.3 Å². The summed E-state index contributed by atoms with van der Waals surface area (Å²) < 4.78 is 10.7. The number of rotatable bonds is 4. The van der Waals surface area contributed by atoms with Gasteiger partial charge in [0.25, 0.3) is 5.91 Å². The average molecular weight is 428 g/mol. The lowest BCUT2D eigenvalue weighted by Gasteiger charge is -2.24. The first-order chi connectivity index (χ1) is 14.4. The monoisotopic (exact) mass is 427 g/mol. The second kappa shape index (κ2) is 8.22. The molecule has 30 heavy (non-hydrogen) atoms. The summed E-state index contributed by atoms with van der Waals surface area (Å²) in [6.07, 6.45) is 2.06. The van der Waals surface area contributed by atoms with Crippen LogP contribution in [0.2, 0.25) is 0 Å². The third kappa shape index (κ3) is 3.86. The zero-order valence-corrected chi connectivity index (χ0v) is 18.2. The highest BCUT2D eigenvalue weighted by Crippen LogP contribution is 2.40. The quantitative estimate of drug-likeness (QED) is 0.744. The third-order valence-electron chi connectivity index (χ3n) is 5.66. The number of carbonyl (C=O) groups is 3. The third-order valence-corrected chi connectivity index (χ3v) is 6.83. The summed E-state index contributed by atoms with van der Waals surface area (Å²) in [7, 11) is 0. The van der Waals surface area contributed by atoms with Gasteiger partial charge in [0.05, 0.1) is 17.7 Å². The summed E-state index contributed by atoms with van der Waals surface area (Å²) in [4.78, 5) is 39.1. The molecule has 1 amide bonds. The van der Waals surface area contributed by atoms with Crippen LogP contribution in [0.1, 0.15) is 62.6 Å². The minimum atomic E-state index is -0.930. The highest BCUT2D eigenvalue weighted by molar-refractivity contribution is 7.17. The lowest BCUT2D eigenvalue weighted by molar-refractivity contribution is -0.125. The lowest BCUT2D eigenvalue weighted by atomic mass is 9.88. The van der Waals surface area contributed by atoms with Gasteiger partial charge >= 0.3 is 11.9 Å². The fraction of sp³-hybridized carbons (Fsp3) is 0.435. The topological polar surface area (TPSA) is 81.7 Å². The second-order valence-electron chi connectivity index (χ2n) is 8.02. The van der Waals surface area contributed by atoms with Crippen LogP contribution in [0.25, 0.3) is 0 Å². The Kier molecular flexibility index (Phi) is 5.64. The fourth-order valence-electron chi connectivity index (χ4n) is 4.09. The number of nitrogens with one attached hydrogen (secondary N) is 1. The van der Waals surface area contributed by atoms with Crippen LogP contribution in [0.15, 0.2) is 18.2 Å². The SMILES string of the molecule is CCOC(=O)c1c(NC(=O)[C@H]2Cc3ccc(C)cc3C(=O)O2)sc2c1CC[C@H](C)C2. The molecule has 0 spiro atoms. The Morgan fingerprint density at radius 1 is 1.30 bits per heavy atom. The molecular weight excluding hydrogens is 402 g/mol. The smallest absolute Gasteiger partial charge is 0.341 e. The number of thiophene rings is 1. The van der Waals surface area contributed by atoms with E-state index in [4.69, 9.17) is 9.47 Å². The molecule has 0 radical (unpaired) electrons. The normalized spacial score (nSPS) is 20.0. The number of amides is 1. The predicted molar refractivity (Wildman–Crippen MR) is 114 cm³/mol. The van der Waals surface area contributed by atoms with Crippen LogP contribution in [0.5, 0.6) is 0 Å². The lowest BCUT2D eigenvalue weighted by Crippen LogP contribution is -2.38. The molecule has 1 aromatic heterocycles. The van der Waals surface area contributed by atoms with Gasteiger partial charge in [-0.3, -0.25) is 4.79 Å². The van der Waals surface area contributed by atoms with Gasteiger partial charge in [0.15, 0.2) is 6.10 Å². The van der Waals surface area contributed by atoms with Crippen LogP contribution in [0.4, 0.5) is 5.00 Å². The molecule has 2 heterocycles. The van der Waals surface area contributed by atoms with Crippen molar-refractivity contribution in [2.24, 2.45) is 5.92 Å². The summed E-state index contributed by atoms with van der Waals surface area (Å²) in [6, 6.07) is 5.56. The van der Waals surface area contributed by atoms with Gasteiger partial charge in [-0.25, -0.2) is 9.59 Å². The Labute approximate surface area is 179 Å². The molecule has 4 rings (SSSR count). The van der Waals surface area contributed by atoms with Gasteiger partial charge in [-0.1, -0.05) is 24.6 Å². The molecular formula is C23H25NO5S. The Morgan fingerprint density at radius 3 is 2.87 bits per heavy atom. The van der Waals surface area contributed by atoms with E-state index in [1.807, 2.05) is 19.1 Å². The zero-order chi connectivity index (χ0) is 21.4. The molecule has 0 fully saturated rings. The highest BCUT2D eigenvalue weighted by atomic mass is 32.1. The molecule has 0 saturated heterocycles. The predicted octanol–water partition coefficient (Wildman–Crippen LogP) is 4.08. The van der Waals surface area contributed by atoms with Crippen molar-refractivity contribution in [2.75, 3.05) is 11.9 Å². The van der Waals surface area contributed by atoms with Gasteiger partial charge in [0.1, 0.15) is 5.00 Å². The number of fused-ring (bicyclic) bond motifs is 2. The summed E-state index contributed by atoms with van der Waals surface area (Å²) >= 11 is 1.43. The maximum absolute atomic E-state index is 13.0. The number of cyclic esters (lactones) is 1. The van der Waals surface area contributed by atoms with E-state index in [2.05, 4.69) is 12.2 Å². The molecule has 7 heteroatoms. The van der Waals surface area contributed by atoms with Crippen molar-refractivity contribution in [3.63, 3.8) is 0 Å². The first-order valence-electron chi connectivity index (χ1n) is 10.3. The summed E-state index contributed by atoms with van der Waals surface area (Å²) in [5.74, 6) is -0.799. The van der Waals surface area contributed by atoms with Crippen LogP contribution in [0, 0.1) is 12.8 Å². The van der Waals surface area contributed by atoms with Gasteiger partial charge in [-0.2, -0.15) is 0 Å². The van der Waals surface area contributed by atoms with Gasteiger partial charge in [0.2, 0.25) is 0 Å². The van der Waals surface area contributed by atoms with Crippen molar-refractivity contribution < 1.29 is 23.9 Å². The van der Waals surface area contributed by atoms with Gasteiger partial charge < -0.3 is 14.8 Å². The summed E-state index contributed by atoms with van der Waals surface area (Å²) in [5, 5.41) is 3.35. The van der Waals surface area contributed by atoms with Crippen molar-refractivity contribution in [2.45, 2.75) is 52.6 Å². The van der Waals surface area contributed by atoms with E-state index in [0.29, 0.717) is 28.5 Å². The minimum absolute atomic E-state index is 0.268. The standard InChI is InChI=1S/C23H25NO5S/c1-4-28-23(27)19-15-8-6-13(3)10-18(15)30-21(19)24-20(25)17-11-14-7-5-12(2)9-16(14)22(26)29-17/h5,7,9,13,17H,4,6,8,10-11H2,1-3H3,(H,24,25)/t13-,17+/m0/s1. The second-order valence-corrected chi connectivity index (χ2v) is 9.13. The van der Waals surface area contributed by atoms with Crippen molar-refractivity contribution in [3.8, 4) is 0 Å². The number of hydrogen-bond donors (Lipinski definition) is 1. The molecule has 2 aliphatic rings. The van der Waals surface area contributed by atoms with Crippen molar-refractivity contribution >= 4 is 34.2 Å². The Balaban J connectivity index is 1.59. The summed E-state index contributed by atoms with van der Waals surface area (Å²) in [6.45, 7) is 6.12. The first kappa shape index (κ1) is 20.6. The number of hydrogen-bond acceptors (Lipinski definition) is 6. The summed E-state index contributed by atoms with van der Waals surface area (Å²) in [5.41, 5.74) is 3.70. The molecule has 6 nitrogen and oxygen atoms in total. The van der Waals surface area contributed by atoms with Gasteiger partial charge in [-0.15, -0.1) is 11.3 Å². The Hall–Kier alpha value is -2.67. The van der Waals surface area contributed by atoms with Crippen LogP contribution < -0.4 is 5.32 Å². The molecule has 1 N–H and O–H groups in total. The number of anilines is 1. The van der Waals surface area contributed by atoms with E-state index < -0.39 is 23.9 Å². The van der Waals surface area contributed by atoms with Gasteiger partial charge in [0, 0.05) is 11.3 Å². The van der Waals surface area contributed by atoms with Crippen molar-refractivity contribution in [1.29, 1.82) is 0 Å². The molecule has 0 bridgehead atoms. The number of esters is 2. The van der Waals surface area contributed by atoms with Crippen molar-refractivity contribution in [3.05, 3.63) is 50.9 Å². The van der Waals surface area contributed by atoms with E-state index in [1.54, 1.807) is 13.0 Å². The van der Waals surface area contributed by atoms with E-state index in [-0.39, 0.29) is 6.61 Å². The van der Waals surface area contributed by atoms with Crippen LogP contribution in [-0.4, -0.2) is 30.6 Å². The number of benzene rings is 1. The molecule has 1 aromatic carbocycles. The molecule has 1 aliphatic heterocycles. The molecule has 1 aliphatic carbocycles. The molecule has 2 atom stereocenters. The Morgan fingerprint density at radius 2 is 2.10 bits per heavy atom. The number of aryl methyl sites for hydroxylation is 1. The zero-order valence-electron chi connectivity index (χ0n) is 17.4. The van der Waals surface area contributed by atoms with E-state index in [9.17, 15) is 14.4 Å². The highest BCUT2D eigenvalue weighted by Gasteiger charge is 2.34. The molecule has 2 aromatic rings. The number of carbonyl (C=O) groups excluding carboxylic acids is 3. The molecule has 0 saturated carbocycles. The van der Waals surface area contributed by atoms with Crippen LogP contribution in [-0.2, 0) is 33.5 Å². The van der Waals surface area contributed by atoms with Crippen molar-refractivity contribution in [1.82, 2.24) is 0 Å².